The van der Waals surface area contributed by atoms with Crippen molar-refractivity contribution in [1.82, 2.24) is 25.5 Å². The summed E-state index contributed by atoms with van der Waals surface area (Å²) in [4.78, 5) is 70.2. The van der Waals surface area contributed by atoms with Crippen molar-refractivity contribution in [2.24, 2.45) is 5.73 Å². The van der Waals surface area contributed by atoms with E-state index in [1.807, 2.05) is 0 Å². The molecule has 1 aliphatic rings. The third-order valence-electron chi connectivity index (χ3n) is 6.43. The normalized spacial score (nSPS) is 17.2. The molecule has 14 nitrogen and oxygen atoms in total. The van der Waals surface area contributed by atoms with Crippen molar-refractivity contribution < 1.29 is 39.3 Å². The van der Waals surface area contributed by atoms with Gasteiger partial charge in [0.15, 0.2) is 0 Å². The number of hydrogen-bond donors (Lipinski definition) is 7. The smallest absolute Gasteiger partial charge is 0.326 e. The van der Waals surface area contributed by atoms with Crippen molar-refractivity contribution in [2.45, 2.75) is 62.7 Å². The number of aromatic hydroxyl groups is 1. The number of hydrogen-bond acceptors (Lipinski definition) is 8. The van der Waals surface area contributed by atoms with Gasteiger partial charge < -0.3 is 41.6 Å². The topological polar surface area (TPSA) is 228 Å². The number of phenolic OH excluding ortho intramolecular Hbond substituents is 1. The number of nitrogens with two attached hydrogens (primary N) is 1. The number of carboxylic acid groups (broad SMARTS) is 2. The molecule has 210 valence electrons. The Morgan fingerprint density at radius 2 is 1.74 bits per heavy atom. The number of aliphatic carboxylic acids is 2. The molecule has 3 rings (SSSR count). The molecule has 14 heteroatoms. The lowest BCUT2D eigenvalue weighted by Gasteiger charge is -2.29. The van der Waals surface area contributed by atoms with Crippen LogP contribution >= 0.6 is 0 Å². The van der Waals surface area contributed by atoms with Gasteiger partial charge in [0.2, 0.25) is 17.7 Å². The molecular weight excluding hydrogens is 512 g/mol. The van der Waals surface area contributed by atoms with E-state index in [-0.39, 0.29) is 38.0 Å². The van der Waals surface area contributed by atoms with Crippen LogP contribution in [-0.4, -0.2) is 90.6 Å². The summed E-state index contributed by atoms with van der Waals surface area (Å²) in [5.74, 6) is -4.33. The Hall–Kier alpha value is -4.46. The standard InChI is InChI=1S/C25H32N6O8/c26-17(7-8-21(33)34)22(35)29-18(10-14-3-5-16(32)6-4-14)23(36)30-19(11-15-12-27-13-28-15)24(37)31-9-1-2-20(31)25(38)39/h3-6,12-13,17-20,32H,1-2,7-11,26H2,(H,27,28)(H,29,35)(H,30,36)(H,33,34)(H,38,39). The van der Waals surface area contributed by atoms with Crippen molar-refractivity contribution in [1.29, 1.82) is 0 Å². The number of carbonyl (C=O) groups excluding carboxylic acids is 3. The predicted molar refractivity (Wildman–Crippen MR) is 135 cm³/mol. The van der Waals surface area contributed by atoms with E-state index in [1.54, 1.807) is 12.1 Å². The van der Waals surface area contributed by atoms with Gasteiger partial charge in [0.1, 0.15) is 23.9 Å². The number of benzene rings is 1. The lowest BCUT2D eigenvalue weighted by atomic mass is 10.0. The van der Waals surface area contributed by atoms with E-state index in [0.29, 0.717) is 24.1 Å². The van der Waals surface area contributed by atoms with E-state index < -0.39 is 53.8 Å². The molecular formula is C25H32N6O8. The fraction of sp³-hybridized carbons (Fsp3) is 0.440. The van der Waals surface area contributed by atoms with Gasteiger partial charge in [0, 0.05) is 37.7 Å². The van der Waals surface area contributed by atoms with E-state index in [0.717, 1.165) is 0 Å². The molecule has 0 saturated carbocycles. The quantitative estimate of drug-likeness (QED) is 0.165. The Balaban J connectivity index is 1.82. The molecule has 1 aliphatic heterocycles. The number of aromatic nitrogens is 2. The third-order valence-corrected chi connectivity index (χ3v) is 6.43. The second-order valence-corrected chi connectivity index (χ2v) is 9.34. The van der Waals surface area contributed by atoms with Crippen LogP contribution in [0.25, 0.3) is 0 Å². The van der Waals surface area contributed by atoms with Crippen LogP contribution in [0.15, 0.2) is 36.8 Å². The Morgan fingerprint density at radius 1 is 1.05 bits per heavy atom. The first-order valence-corrected chi connectivity index (χ1v) is 12.4. The number of phenols is 1. The second kappa shape index (κ2) is 13.4. The van der Waals surface area contributed by atoms with Crippen LogP contribution in [0.5, 0.6) is 5.75 Å². The number of H-pyrrole nitrogens is 1. The summed E-state index contributed by atoms with van der Waals surface area (Å²) in [5, 5.41) is 33.2. The monoisotopic (exact) mass is 544 g/mol. The molecule has 0 aliphatic carbocycles. The molecule has 1 saturated heterocycles. The van der Waals surface area contributed by atoms with E-state index in [2.05, 4.69) is 20.6 Å². The molecule has 2 heterocycles. The highest BCUT2D eigenvalue weighted by Crippen LogP contribution is 2.20. The molecule has 8 N–H and O–H groups in total. The molecule has 4 atom stereocenters. The molecule has 3 amide bonds. The highest BCUT2D eigenvalue weighted by molar-refractivity contribution is 5.94. The van der Waals surface area contributed by atoms with Crippen molar-refractivity contribution in [3.63, 3.8) is 0 Å². The minimum absolute atomic E-state index is 0.00305. The summed E-state index contributed by atoms with van der Waals surface area (Å²) in [6, 6.07) is 1.34. The number of amides is 3. The number of carboxylic acids is 2. The van der Waals surface area contributed by atoms with Crippen LogP contribution in [0.1, 0.15) is 36.9 Å². The largest absolute Gasteiger partial charge is 0.508 e. The zero-order chi connectivity index (χ0) is 28.5. The molecule has 2 aromatic rings. The summed E-state index contributed by atoms with van der Waals surface area (Å²) in [5.41, 5.74) is 6.93. The summed E-state index contributed by atoms with van der Waals surface area (Å²) in [7, 11) is 0. The zero-order valence-electron chi connectivity index (χ0n) is 21.1. The van der Waals surface area contributed by atoms with Gasteiger partial charge in [-0.25, -0.2) is 9.78 Å². The minimum Gasteiger partial charge on any atom is -0.508 e. The molecule has 39 heavy (non-hydrogen) atoms. The lowest BCUT2D eigenvalue weighted by molar-refractivity contribution is -0.149. The molecule has 0 bridgehead atoms. The van der Waals surface area contributed by atoms with Gasteiger partial charge in [-0.05, 0) is 37.0 Å². The maximum atomic E-state index is 13.5. The van der Waals surface area contributed by atoms with Crippen molar-refractivity contribution in [3.8, 4) is 5.75 Å². The Morgan fingerprint density at radius 3 is 2.36 bits per heavy atom. The first-order valence-electron chi connectivity index (χ1n) is 12.4. The Kier molecular flexibility index (Phi) is 9.98. The number of imidazole rings is 1. The van der Waals surface area contributed by atoms with E-state index in [4.69, 9.17) is 10.8 Å². The van der Waals surface area contributed by atoms with Crippen molar-refractivity contribution in [2.75, 3.05) is 6.54 Å². The van der Waals surface area contributed by atoms with Crippen molar-refractivity contribution >= 4 is 29.7 Å². The number of nitrogens with one attached hydrogen (secondary N) is 3. The van der Waals surface area contributed by atoms with Gasteiger partial charge in [0.25, 0.3) is 0 Å². The fourth-order valence-electron chi connectivity index (χ4n) is 4.34. The molecule has 1 aromatic carbocycles. The lowest BCUT2D eigenvalue weighted by Crippen LogP contribution is -2.58. The van der Waals surface area contributed by atoms with Gasteiger partial charge in [-0.3, -0.25) is 19.2 Å². The number of aromatic amines is 1. The van der Waals surface area contributed by atoms with E-state index in [1.165, 1.54) is 29.6 Å². The van der Waals surface area contributed by atoms with Crippen LogP contribution in [-0.2, 0) is 36.8 Å². The SMILES string of the molecule is NC(CCC(=O)O)C(=O)NC(Cc1ccc(O)cc1)C(=O)NC(Cc1cnc[nH]1)C(=O)N1CCCC1C(=O)O. The minimum atomic E-state index is -1.22. The van der Waals surface area contributed by atoms with Crippen LogP contribution in [0.2, 0.25) is 0 Å². The number of nitrogens with zero attached hydrogens (tertiary/aromatic N) is 2. The average Bonchev–Trinajstić information content (AvgIpc) is 3.59. The first-order chi connectivity index (χ1) is 18.5. The number of likely N-dealkylation sites (tertiary alicyclic amines) is 1. The van der Waals surface area contributed by atoms with Gasteiger partial charge in [-0.15, -0.1) is 0 Å². The van der Waals surface area contributed by atoms with Crippen LogP contribution < -0.4 is 16.4 Å². The highest BCUT2D eigenvalue weighted by Gasteiger charge is 2.38. The summed E-state index contributed by atoms with van der Waals surface area (Å²) in [6.45, 7) is 0.219. The molecule has 0 radical (unpaired) electrons. The predicted octanol–water partition coefficient (Wildman–Crippen LogP) is -0.862. The number of carbonyl (C=O) groups is 5. The van der Waals surface area contributed by atoms with Gasteiger partial charge >= 0.3 is 11.9 Å². The zero-order valence-corrected chi connectivity index (χ0v) is 21.1. The maximum absolute atomic E-state index is 13.5. The number of rotatable bonds is 13. The molecule has 1 fully saturated rings. The van der Waals surface area contributed by atoms with Crippen molar-refractivity contribution in [3.05, 3.63) is 48.0 Å². The Labute approximate surface area is 223 Å². The van der Waals surface area contributed by atoms with Gasteiger partial charge in [-0.2, -0.15) is 0 Å². The highest BCUT2D eigenvalue weighted by atomic mass is 16.4. The third kappa shape index (κ3) is 8.26. The van der Waals surface area contributed by atoms with Crippen LogP contribution in [0, 0.1) is 0 Å². The maximum Gasteiger partial charge on any atom is 0.326 e. The molecule has 0 spiro atoms. The fourth-order valence-corrected chi connectivity index (χ4v) is 4.34. The van der Waals surface area contributed by atoms with Gasteiger partial charge in [0.05, 0.1) is 12.4 Å². The first kappa shape index (κ1) is 29.1. The van der Waals surface area contributed by atoms with Gasteiger partial charge in [-0.1, -0.05) is 12.1 Å². The summed E-state index contributed by atoms with van der Waals surface area (Å²) < 4.78 is 0. The van der Waals surface area contributed by atoms with Crippen LogP contribution in [0.3, 0.4) is 0 Å². The Bertz CT molecular complexity index is 1170. The average molecular weight is 545 g/mol. The van der Waals surface area contributed by atoms with Crippen LogP contribution in [0.4, 0.5) is 0 Å². The second-order valence-electron chi connectivity index (χ2n) is 9.34. The van der Waals surface area contributed by atoms with E-state index in [9.17, 15) is 34.2 Å². The summed E-state index contributed by atoms with van der Waals surface area (Å²) in [6.07, 6.45) is 3.14. The molecule has 1 aromatic heterocycles. The molecule has 4 unspecified atom stereocenters. The van der Waals surface area contributed by atoms with E-state index >= 15 is 0 Å². The summed E-state index contributed by atoms with van der Waals surface area (Å²) >= 11 is 0.